The van der Waals surface area contributed by atoms with Gasteiger partial charge in [0, 0.05) is 12.1 Å². The summed E-state index contributed by atoms with van der Waals surface area (Å²) in [5, 5.41) is 15.8. The van der Waals surface area contributed by atoms with E-state index in [0.29, 0.717) is 5.76 Å². The van der Waals surface area contributed by atoms with Crippen molar-refractivity contribution in [2.75, 3.05) is 0 Å². The first kappa shape index (κ1) is 15.8. The van der Waals surface area contributed by atoms with E-state index in [2.05, 4.69) is 10.4 Å². The van der Waals surface area contributed by atoms with Gasteiger partial charge in [-0.2, -0.15) is 5.10 Å². The van der Waals surface area contributed by atoms with Crippen molar-refractivity contribution < 1.29 is 19.1 Å². The topological polar surface area (TPSA) is 97.4 Å². The Bertz CT molecular complexity index is 687. The minimum atomic E-state index is -1.13. The molecule has 0 radical (unpaired) electrons. The first-order chi connectivity index (χ1) is 10.4. The molecule has 2 N–H and O–H groups in total. The third-order valence-electron chi connectivity index (χ3n) is 3.28. The fourth-order valence-electron chi connectivity index (χ4n) is 2.29. The normalized spacial score (nSPS) is 12.1. The molecular formula is C15H19N3O4. The van der Waals surface area contributed by atoms with Crippen LogP contribution in [0.15, 0.2) is 22.6 Å². The third-order valence-corrected chi connectivity index (χ3v) is 3.28. The first-order valence-electron chi connectivity index (χ1n) is 6.98. The van der Waals surface area contributed by atoms with Gasteiger partial charge in [0.2, 0.25) is 11.7 Å². The summed E-state index contributed by atoms with van der Waals surface area (Å²) in [5.74, 6) is -1.01. The Morgan fingerprint density at radius 1 is 1.41 bits per heavy atom. The summed E-state index contributed by atoms with van der Waals surface area (Å²) in [4.78, 5) is 22.6. The fourth-order valence-corrected chi connectivity index (χ4v) is 2.29. The lowest BCUT2D eigenvalue weighted by Gasteiger charge is -2.13. The van der Waals surface area contributed by atoms with Crippen LogP contribution < -0.4 is 5.32 Å². The fraction of sp³-hybridized carbons (Fsp3) is 0.400. The molecule has 1 unspecified atom stereocenters. The van der Waals surface area contributed by atoms with E-state index in [0.717, 1.165) is 11.4 Å². The van der Waals surface area contributed by atoms with Crippen LogP contribution in [0.5, 0.6) is 0 Å². The van der Waals surface area contributed by atoms with E-state index in [1.165, 1.54) is 12.1 Å². The summed E-state index contributed by atoms with van der Waals surface area (Å²) in [5.41, 5.74) is 1.93. The van der Waals surface area contributed by atoms with Crippen molar-refractivity contribution in [1.29, 1.82) is 0 Å². The molecule has 1 amide bonds. The second-order valence-corrected chi connectivity index (χ2v) is 5.27. The van der Waals surface area contributed by atoms with Crippen LogP contribution in [0.4, 0.5) is 0 Å². The molecule has 118 valence electrons. The molecule has 0 fully saturated rings. The van der Waals surface area contributed by atoms with Gasteiger partial charge in [-0.25, -0.2) is 4.79 Å². The average molecular weight is 305 g/mol. The SMILES string of the molecule is Cc1cc(C)n(C(C)CC(=O)NCc2ccc(C(=O)O)o2)n1. The van der Waals surface area contributed by atoms with Crippen LogP contribution in [0, 0.1) is 13.8 Å². The number of furan rings is 1. The van der Waals surface area contributed by atoms with Crippen molar-refractivity contribution in [3.05, 3.63) is 41.1 Å². The maximum Gasteiger partial charge on any atom is 0.371 e. The molecule has 0 aliphatic heterocycles. The molecule has 2 rings (SSSR count). The smallest absolute Gasteiger partial charge is 0.371 e. The molecule has 0 saturated carbocycles. The molecule has 7 nitrogen and oxygen atoms in total. The number of carbonyl (C=O) groups is 2. The predicted molar refractivity (Wildman–Crippen MR) is 78.5 cm³/mol. The van der Waals surface area contributed by atoms with Gasteiger partial charge in [0.1, 0.15) is 5.76 Å². The highest BCUT2D eigenvalue weighted by Crippen LogP contribution is 2.14. The number of nitrogens with one attached hydrogen (secondary N) is 1. The Morgan fingerprint density at radius 2 is 2.14 bits per heavy atom. The highest BCUT2D eigenvalue weighted by atomic mass is 16.4. The van der Waals surface area contributed by atoms with Crippen molar-refractivity contribution in [1.82, 2.24) is 15.1 Å². The lowest BCUT2D eigenvalue weighted by atomic mass is 10.2. The molecule has 0 aliphatic rings. The van der Waals surface area contributed by atoms with Gasteiger partial charge in [-0.1, -0.05) is 0 Å². The third kappa shape index (κ3) is 3.75. The van der Waals surface area contributed by atoms with Crippen LogP contribution in [-0.2, 0) is 11.3 Å². The molecule has 0 aromatic carbocycles. The number of aryl methyl sites for hydroxylation is 2. The Labute approximate surface area is 127 Å². The zero-order chi connectivity index (χ0) is 16.3. The van der Waals surface area contributed by atoms with Crippen molar-refractivity contribution >= 4 is 11.9 Å². The number of carboxylic acid groups (broad SMARTS) is 1. The van der Waals surface area contributed by atoms with E-state index >= 15 is 0 Å². The Morgan fingerprint density at radius 3 is 2.68 bits per heavy atom. The van der Waals surface area contributed by atoms with Crippen LogP contribution in [0.2, 0.25) is 0 Å². The lowest BCUT2D eigenvalue weighted by molar-refractivity contribution is -0.122. The quantitative estimate of drug-likeness (QED) is 0.851. The predicted octanol–water partition coefficient (Wildman–Crippen LogP) is 2.06. The number of amides is 1. The number of aromatic nitrogens is 2. The molecule has 1 atom stereocenters. The number of carboxylic acids is 1. The number of hydrogen-bond donors (Lipinski definition) is 2. The minimum Gasteiger partial charge on any atom is -0.475 e. The first-order valence-corrected chi connectivity index (χ1v) is 6.98. The van der Waals surface area contributed by atoms with Crippen molar-refractivity contribution in [2.45, 2.75) is 39.8 Å². The second-order valence-electron chi connectivity index (χ2n) is 5.27. The van der Waals surface area contributed by atoms with Gasteiger partial charge in [-0.3, -0.25) is 9.48 Å². The van der Waals surface area contributed by atoms with E-state index in [9.17, 15) is 9.59 Å². The molecule has 0 bridgehead atoms. The number of carbonyl (C=O) groups excluding carboxylic acids is 1. The van der Waals surface area contributed by atoms with E-state index in [1.54, 1.807) is 0 Å². The average Bonchev–Trinajstić information content (AvgIpc) is 3.03. The van der Waals surface area contributed by atoms with Gasteiger partial charge in [0.05, 0.1) is 18.3 Å². The van der Waals surface area contributed by atoms with Gasteiger partial charge < -0.3 is 14.8 Å². The number of nitrogens with zero attached hydrogens (tertiary/aromatic N) is 2. The molecular weight excluding hydrogens is 286 g/mol. The minimum absolute atomic E-state index is 0.0557. The van der Waals surface area contributed by atoms with E-state index in [1.807, 2.05) is 31.5 Å². The molecule has 0 aliphatic carbocycles. The zero-order valence-corrected chi connectivity index (χ0v) is 12.8. The zero-order valence-electron chi connectivity index (χ0n) is 12.8. The summed E-state index contributed by atoms with van der Waals surface area (Å²) in [6.07, 6.45) is 0.286. The van der Waals surface area contributed by atoms with Crippen LogP contribution >= 0.6 is 0 Å². The highest BCUT2D eigenvalue weighted by molar-refractivity contribution is 5.84. The number of hydrogen-bond acceptors (Lipinski definition) is 4. The van der Waals surface area contributed by atoms with Gasteiger partial charge in [-0.15, -0.1) is 0 Å². The van der Waals surface area contributed by atoms with Crippen LogP contribution in [-0.4, -0.2) is 26.8 Å². The Hall–Kier alpha value is -2.57. The largest absolute Gasteiger partial charge is 0.475 e. The van der Waals surface area contributed by atoms with Crippen LogP contribution in [0.1, 0.15) is 47.1 Å². The Kier molecular flexibility index (Phi) is 4.65. The van der Waals surface area contributed by atoms with Gasteiger partial charge in [0.25, 0.3) is 0 Å². The monoisotopic (exact) mass is 305 g/mol. The van der Waals surface area contributed by atoms with Gasteiger partial charge >= 0.3 is 5.97 Å². The summed E-state index contributed by atoms with van der Waals surface area (Å²) in [6.45, 7) is 5.95. The molecule has 7 heteroatoms. The second kappa shape index (κ2) is 6.46. The summed E-state index contributed by atoms with van der Waals surface area (Å²) in [7, 11) is 0. The summed E-state index contributed by atoms with van der Waals surface area (Å²) in [6, 6.07) is 4.81. The maximum absolute atomic E-state index is 11.9. The van der Waals surface area contributed by atoms with E-state index in [-0.39, 0.29) is 30.7 Å². The standard InChI is InChI=1S/C15H19N3O4/c1-9-6-10(2)18(17-9)11(3)7-14(19)16-8-12-4-5-13(22-12)15(20)21/h4-6,11H,7-8H2,1-3H3,(H,16,19)(H,20,21). The lowest BCUT2D eigenvalue weighted by Crippen LogP contribution is -2.25. The summed E-state index contributed by atoms with van der Waals surface area (Å²) >= 11 is 0. The molecule has 22 heavy (non-hydrogen) atoms. The molecule has 2 aromatic heterocycles. The number of aromatic carboxylic acids is 1. The molecule has 2 aromatic rings. The van der Waals surface area contributed by atoms with Crippen molar-refractivity contribution in [3.63, 3.8) is 0 Å². The molecule has 2 heterocycles. The van der Waals surface area contributed by atoms with E-state index < -0.39 is 5.97 Å². The highest BCUT2D eigenvalue weighted by Gasteiger charge is 2.15. The van der Waals surface area contributed by atoms with Gasteiger partial charge in [-0.05, 0) is 39.0 Å². The van der Waals surface area contributed by atoms with Crippen molar-refractivity contribution in [2.24, 2.45) is 0 Å². The van der Waals surface area contributed by atoms with E-state index in [4.69, 9.17) is 9.52 Å². The maximum atomic E-state index is 11.9. The molecule has 0 spiro atoms. The van der Waals surface area contributed by atoms with Gasteiger partial charge in [0.15, 0.2) is 0 Å². The summed E-state index contributed by atoms with van der Waals surface area (Å²) < 4.78 is 6.90. The Balaban J connectivity index is 1.87. The van der Waals surface area contributed by atoms with Crippen LogP contribution in [0.3, 0.4) is 0 Å². The van der Waals surface area contributed by atoms with Crippen molar-refractivity contribution in [3.8, 4) is 0 Å². The molecule has 0 saturated heterocycles. The van der Waals surface area contributed by atoms with Crippen LogP contribution in [0.25, 0.3) is 0 Å². The number of rotatable bonds is 6.